The topological polar surface area (TPSA) is 126 Å². The van der Waals surface area contributed by atoms with E-state index in [1.807, 2.05) is 18.2 Å². The molecule has 9 nitrogen and oxygen atoms in total. The average Bonchev–Trinajstić information content (AvgIpc) is 2.72. The van der Waals surface area contributed by atoms with Gasteiger partial charge in [-0.05, 0) is 31.2 Å². The fraction of sp³-hybridized carbons (Fsp3) is 0.400. The van der Waals surface area contributed by atoms with E-state index < -0.39 is 4.92 Å². The van der Waals surface area contributed by atoms with E-state index in [1.54, 1.807) is 14.2 Å². The second-order valence-corrected chi connectivity index (χ2v) is 5.96. The monoisotopic (exact) mass is 406 g/mol. The highest BCUT2D eigenvalue weighted by Gasteiger charge is 2.07. The third-order valence-corrected chi connectivity index (χ3v) is 4.01. The molecule has 0 unspecified atom stereocenters. The van der Waals surface area contributed by atoms with Gasteiger partial charge in [-0.25, -0.2) is 0 Å². The summed E-state index contributed by atoms with van der Waals surface area (Å²) in [5.74, 6) is 0.705. The zero-order valence-electron chi connectivity index (χ0n) is 17.2. The highest BCUT2D eigenvalue weighted by molar-refractivity contribution is 5.62. The lowest BCUT2D eigenvalue weighted by Crippen LogP contribution is -2.27. The minimum atomic E-state index is -0.459. The Morgan fingerprint density at radius 1 is 1.03 bits per heavy atom. The first-order valence-corrected chi connectivity index (χ1v) is 9.18. The van der Waals surface area contributed by atoms with Gasteiger partial charge in [-0.3, -0.25) is 10.1 Å². The van der Waals surface area contributed by atoms with Crippen molar-refractivity contribution in [1.82, 2.24) is 0 Å². The highest BCUT2D eigenvalue weighted by atomic mass is 16.6. The fourth-order valence-corrected chi connectivity index (χ4v) is 2.38. The van der Waals surface area contributed by atoms with Gasteiger partial charge in [0.05, 0.1) is 37.5 Å². The van der Waals surface area contributed by atoms with Gasteiger partial charge in [0.25, 0.3) is 5.69 Å². The van der Waals surface area contributed by atoms with Crippen LogP contribution in [-0.2, 0) is 9.47 Å². The lowest BCUT2D eigenvalue weighted by molar-refractivity contribution is -0.384. The maximum Gasteiger partial charge on any atom is 0.269 e. The summed E-state index contributed by atoms with van der Waals surface area (Å²) < 4.78 is 15.7. The van der Waals surface area contributed by atoms with Crippen LogP contribution in [0.1, 0.15) is 6.92 Å². The number of nitro benzene ring substituents is 1. The van der Waals surface area contributed by atoms with Crippen molar-refractivity contribution in [3.8, 4) is 5.75 Å². The fourth-order valence-electron chi connectivity index (χ4n) is 2.38. The molecular formula is C20H30N4O5. The van der Waals surface area contributed by atoms with Gasteiger partial charge in [0.15, 0.2) is 0 Å². The standard InChI is InChI=1S/C14H24N2O3.C6H6N2O2/c1-4-16(7-8-19-10-9-17-2)12-5-6-13(15)14(11-12)18-3;7-5-1-3-6(4-2-5)8(9)10/h5-6,11H,4,7-10,15H2,1-3H3;1-4H,7H2. The Labute approximate surface area is 171 Å². The van der Waals surface area contributed by atoms with E-state index in [2.05, 4.69) is 11.8 Å². The maximum absolute atomic E-state index is 10.1. The van der Waals surface area contributed by atoms with Gasteiger partial charge in [-0.2, -0.15) is 0 Å². The number of methoxy groups -OCH3 is 2. The molecule has 0 saturated carbocycles. The molecule has 0 aliphatic rings. The van der Waals surface area contributed by atoms with E-state index in [1.165, 1.54) is 24.3 Å². The normalized spacial score (nSPS) is 10.0. The number of hydrogen-bond donors (Lipinski definition) is 2. The molecule has 4 N–H and O–H groups in total. The summed E-state index contributed by atoms with van der Waals surface area (Å²) >= 11 is 0. The van der Waals surface area contributed by atoms with Crippen LogP contribution < -0.4 is 21.1 Å². The number of nitrogen functional groups attached to an aromatic ring is 2. The van der Waals surface area contributed by atoms with Crippen molar-refractivity contribution in [3.05, 3.63) is 52.6 Å². The maximum atomic E-state index is 10.1. The number of nitro groups is 1. The zero-order chi connectivity index (χ0) is 21.6. The Morgan fingerprint density at radius 2 is 1.72 bits per heavy atom. The van der Waals surface area contributed by atoms with Gasteiger partial charge in [-0.1, -0.05) is 0 Å². The molecule has 9 heteroatoms. The van der Waals surface area contributed by atoms with Crippen LogP contribution in [0.4, 0.5) is 22.7 Å². The summed E-state index contributed by atoms with van der Waals surface area (Å²) in [5.41, 5.74) is 13.5. The van der Waals surface area contributed by atoms with Crippen molar-refractivity contribution in [1.29, 1.82) is 0 Å². The number of likely N-dealkylation sites (N-methyl/N-ethyl adjacent to an activating group) is 1. The Balaban J connectivity index is 0.000000352. The minimum absolute atomic E-state index is 0.0641. The van der Waals surface area contributed by atoms with Crippen molar-refractivity contribution in [2.24, 2.45) is 0 Å². The number of ether oxygens (including phenoxy) is 3. The molecule has 2 aromatic carbocycles. The third-order valence-electron chi connectivity index (χ3n) is 4.01. The van der Waals surface area contributed by atoms with Gasteiger partial charge >= 0.3 is 0 Å². The molecule has 0 atom stereocenters. The van der Waals surface area contributed by atoms with Crippen LogP contribution in [0.3, 0.4) is 0 Å². The van der Waals surface area contributed by atoms with E-state index in [-0.39, 0.29) is 5.69 Å². The molecule has 29 heavy (non-hydrogen) atoms. The number of hydrogen-bond acceptors (Lipinski definition) is 8. The molecule has 0 fully saturated rings. The first kappa shape index (κ1) is 24.0. The molecule has 0 aliphatic heterocycles. The van der Waals surface area contributed by atoms with E-state index in [4.69, 9.17) is 25.7 Å². The lowest BCUT2D eigenvalue weighted by atomic mass is 10.2. The first-order valence-electron chi connectivity index (χ1n) is 9.18. The molecule has 160 valence electrons. The predicted molar refractivity (Wildman–Crippen MR) is 115 cm³/mol. The molecule has 0 amide bonds. The van der Waals surface area contributed by atoms with Crippen molar-refractivity contribution in [3.63, 3.8) is 0 Å². The van der Waals surface area contributed by atoms with Crippen LogP contribution in [0.25, 0.3) is 0 Å². The minimum Gasteiger partial charge on any atom is -0.495 e. The van der Waals surface area contributed by atoms with Crippen LogP contribution in [0, 0.1) is 10.1 Å². The Kier molecular flexibility index (Phi) is 10.9. The van der Waals surface area contributed by atoms with Crippen LogP contribution in [0.2, 0.25) is 0 Å². The van der Waals surface area contributed by atoms with Crippen molar-refractivity contribution >= 4 is 22.7 Å². The van der Waals surface area contributed by atoms with Crippen molar-refractivity contribution < 1.29 is 19.1 Å². The molecule has 2 aromatic rings. The second-order valence-electron chi connectivity index (χ2n) is 5.96. The largest absolute Gasteiger partial charge is 0.495 e. The SMILES string of the molecule is CCN(CCOCCOC)c1ccc(N)c(OC)c1.Nc1ccc([N+](=O)[O-])cc1. The number of nitrogens with zero attached hydrogens (tertiary/aromatic N) is 2. The summed E-state index contributed by atoms with van der Waals surface area (Å²) in [5, 5.41) is 10.1. The second kappa shape index (κ2) is 13.2. The molecule has 0 aromatic heterocycles. The van der Waals surface area contributed by atoms with Gasteiger partial charge in [0.1, 0.15) is 5.75 Å². The number of rotatable bonds is 10. The summed E-state index contributed by atoms with van der Waals surface area (Å²) in [4.78, 5) is 11.8. The highest BCUT2D eigenvalue weighted by Crippen LogP contribution is 2.27. The molecule has 0 heterocycles. The Morgan fingerprint density at radius 3 is 2.28 bits per heavy atom. The molecule has 0 spiro atoms. The lowest BCUT2D eigenvalue weighted by Gasteiger charge is -2.23. The molecule has 0 bridgehead atoms. The third kappa shape index (κ3) is 8.67. The molecular weight excluding hydrogens is 376 g/mol. The van der Waals surface area contributed by atoms with Gasteiger partial charge < -0.3 is 30.6 Å². The Bertz CT molecular complexity index is 740. The quantitative estimate of drug-likeness (QED) is 0.267. The van der Waals surface area contributed by atoms with Crippen LogP contribution >= 0.6 is 0 Å². The number of nitrogens with two attached hydrogens (primary N) is 2. The molecule has 0 saturated heterocycles. The van der Waals surface area contributed by atoms with Crippen LogP contribution in [-0.4, -0.2) is 52.1 Å². The van der Waals surface area contributed by atoms with E-state index in [0.717, 1.165) is 18.8 Å². The molecule has 0 radical (unpaired) electrons. The van der Waals surface area contributed by atoms with E-state index in [9.17, 15) is 10.1 Å². The Hall–Kier alpha value is -3.04. The number of anilines is 3. The molecule has 2 rings (SSSR count). The molecule has 0 aliphatic carbocycles. The summed E-state index contributed by atoms with van der Waals surface area (Å²) in [6.45, 7) is 5.76. The van der Waals surface area contributed by atoms with Crippen LogP contribution in [0.5, 0.6) is 5.75 Å². The smallest absolute Gasteiger partial charge is 0.269 e. The number of benzene rings is 2. The van der Waals surface area contributed by atoms with Crippen LogP contribution in [0.15, 0.2) is 42.5 Å². The van der Waals surface area contributed by atoms with E-state index >= 15 is 0 Å². The average molecular weight is 406 g/mol. The summed E-state index contributed by atoms with van der Waals surface area (Å²) in [6.07, 6.45) is 0. The van der Waals surface area contributed by atoms with Gasteiger partial charge in [0.2, 0.25) is 0 Å². The zero-order valence-corrected chi connectivity index (χ0v) is 17.2. The summed E-state index contributed by atoms with van der Waals surface area (Å²) in [6, 6.07) is 11.5. The van der Waals surface area contributed by atoms with Gasteiger partial charge in [0, 0.05) is 49.8 Å². The van der Waals surface area contributed by atoms with Crippen molar-refractivity contribution in [2.75, 3.05) is 63.5 Å². The van der Waals surface area contributed by atoms with Crippen molar-refractivity contribution in [2.45, 2.75) is 6.92 Å². The first-order chi connectivity index (χ1) is 13.9. The van der Waals surface area contributed by atoms with Gasteiger partial charge in [-0.15, -0.1) is 0 Å². The van der Waals surface area contributed by atoms with E-state index in [0.29, 0.717) is 36.9 Å². The summed E-state index contributed by atoms with van der Waals surface area (Å²) in [7, 11) is 3.29. The number of non-ortho nitro benzene ring substituents is 1. The predicted octanol–water partition coefficient (Wildman–Crippen LogP) is 2.94.